The first kappa shape index (κ1) is 16.2. The maximum atomic E-state index is 12.6. The highest BCUT2D eigenvalue weighted by atomic mass is 79.9. The number of nitrogens with one attached hydrogen (secondary N) is 1. The van der Waals surface area contributed by atoms with Gasteiger partial charge < -0.3 is 5.32 Å². The molecule has 6 heteroatoms. The van der Waals surface area contributed by atoms with E-state index in [0.29, 0.717) is 5.39 Å². The van der Waals surface area contributed by atoms with E-state index in [0.717, 1.165) is 34.8 Å². The van der Waals surface area contributed by atoms with Gasteiger partial charge in [0, 0.05) is 15.9 Å². The van der Waals surface area contributed by atoms with E-state index in [1.807, 2.05) is 26.0 Å². The van der Waals surface area contributed by atoms with E-state index in [9.17, 15) is 9.59 Å². The molecule has 0 atom stereocenters. The predicted octanol–water partition coefficient (Wildman–Crippen LogP) is 2.95. The largest absolute Gasteiger partial charge is 0.352 e. The minimum absolute atomic E-state index is 0.0267. The summed E-state index contributed by atoms with van der Waals surface area (Å²) in [5, 5.41) is 8.85. The number of carbonyl (C=O) groups is 1. The van der Waals surface area contributed by atoms with Gasteiger partial charge in [-0.15, -0.1) is 0 Å². The number of rotatable bonds is 4. The smallest absolute Gasteiger partial charge is 0.275 e. The third kappa shape index (κ3) is 3.32. The summed E-state index contributed by atoms with van der Waals surface area (Å²) < 4.78 is 2.20. The van der Waals surface area contributed by atoms with Crippen molar-refractivity contribution < 1.29 is 4.79 Å². The van der Waals surface area contributed by atoms with Crippen LogP contribution in [0.5, 0.6) is 0 Å². The van der Waals surface area contributed by atoms with E-state index in [4.69, 9.17) is 0 Å². The predicted molar refractivity (Wildman–Crippen MR) is 93.6 cm³/mol. The molecule has 1 aromatic carbocycles. The monoisotopic (exact) mass is 377 g/mol. The van der Waals surface area contributed by atoms with Crippen molar-refractivity contribution in [1.82, 2.24) is 15.1 Å². The van der Waals surface area contributed by atoms with Crippen molar-refractivity contribution in [1.29, 1.82) is 0 Å². The van der Waals surface area contributed by atoms with Crippen LogP contribution in [0.15, 0.2) is 27.5 Å². The van der Waals surface area contributed by atoms with Crippen LogP contribution in [-0.2, 0) is 11.3 Å². The van der Waals surface area contributed by atoms with Crippen molar-refractivity contribution >= 4 is 32.6 Å². The van der Waals surface area contributed by atoms with Crippen LogP contribution < -0.4 is 10.9 Å². The van der Waals surface area contributed by atoms with Crippen molar-refractivity contribution in [2.45, 2.75) is 51.6 Å². The summed E-state index contributed by atoms with van der Waals surface area (Å²) in [7, 11) is 0. The molecule has 122 valence electrons. The van der Waals surface area contributed by atoms with Crippen LogP contribution in [0, 0.1) is 0 Å². The van der Waals surface area contributed by atoms with Gasteiger partial charge in [0.2, 0.25) is 5.91 Å². The molecule has 0 aliphatic heterocycles. The van der Waals surface area contributed by atoms with Crippen LogP contribution in [0.3, 0.4) is 0 Å². The molecule has 2 aromatic rings. The van der Waals surface area contributed by atoms with Gasteiger partial charge in [0.1, 0.15) is 6.54 Å². The first-order chi connectivity index (χ1) is 11.0. The van der Waals surface area contributed by atoms with Crippen molar-refractivity contribution in [2.24, 2.45) is 0 Å². The number of benzene rings is 1. The Morgan fingerprint density at radius 3 is 2.74 bits per heavy atom. The molecule has 0 saturated heterocycles. The normalized spacial score (nSPS) is 15.0. The molecule has 1 saturated carbocycles. The lowest BCUT2D eigenvalue weighted by molar-refractivity contribution is -0.123. The van der Waals surface area contributed by atoms with E-state index < -0.39 is 0 Å². The second-order valence-electron chi connectivity index (χ2n) is 6.39. The van der Waals surface area contributed by atoms with Crippen LogP contribution >= 0.6 is 15.9 Å². The number of hydrogen-bond donors (Lipinski definition) is 1. The average Bonchev–Trinajstić information content (AvgIpc) is 2.45. The fourth-order valence-corrected chi connectivity index (χ4v) is 3.14. The van der Waals surface area contributed by atoms with Gasteiger partial charge in [-0.1, -0.05) is 29.8 Å². The number of fused-ring (bicyclic) bond motifs is 1. The van der Waals surface area contributed by atoms with Gasteiger partial charge >= 0.3 is 0 Å². The number of nitrogens with zero attached hydrogens (tertiary/aromatic N) is 2. The van der Waals surface area contributed by atoms with Gasteiger partial charge in [-0.05, 0) is 43.4 Å². The lowest BCUT2D eigenvalue weighted by Gasteiger charge is -2.26. The molecule has 23 heavy (non-hydrogen) atoms. The van der Waals surface area contributed by atoms with Crippen molar-refractivity contribution in [3.05, 3.63) is 38.7 Å². The van der Waals surface area contributed by atoms with E-state index >= 15 is 0 Å². The molecule has 5 nitrogen and oxygen atoms in total. The van der Waals surface area contributed by atoms with E-state index in [-0.39, 0.29) is 30.0 Å². The third-order valence-electron chi connectivity index (χ3n) is 4.26. The van der Waals surface area contributed by atoms with Gasteiger partial charge in [0.15, 0.2) is 0 Å². The highest BCUT2D eigenvalue weighted by Crippen LogP contribution is 2.24. The van der Waals surface area contributed by atoms with Gasteiger partial charge in [0.05, 0.1) is 11.1 Å². The molecule has 0 bridgehead atoms. The summed E-state index contributed by atoms with van der Waals surface area (Å²) in [6.45, 7) is 4.04. The van der Waals surface area contributed by atoms with Gasteiger partial charge in [-0.3, -0.25) is 9.59 Å². The molecule has 1 aliphatic carbocycles. The molecule has 1 aromatic heterocycles. The zero-order valence-electron chi connectivity index (χ0n) is 13.3. The number of hydrogen-bond acceptors (Lipinski definition) is 3. The first-order valence-electron chi connectivity index (χ1n) is 7.95. The highest BCUT2D eigenvalue weighted by molar-refractivity contribution is 9.10. The maximum absolute atomic E-state index is 12.6. The zero-order chi connectivity index (χ0) is 16.6. The SMILES string of the molecule is CC(C)c1nn(CC(=O)NC2CCC2)c(=O)c2ccc(Br)cc12. The zero-order valence-corrected chi connectivity index (χ0v) is 14.9. The van der Waals surface area contributed by atoms with Gasteiger partial charge in [-0.2, -0.15) is 5.10 Å². The summed E-state index contributed by atoms with van der Waals surface area (Å²) in [4.78, 5) is 24.7. The molecule has 1 heterocycles. The maximum Gasteiger partial charge on any atom is 0.275 e. The second-order valence-corrected chi connectivity index (χ2v) is 7.30. The molecule has 0 unspecified atom stereocenters. The fourth-order valence-electron chi connectivity index (χ4n) is 2.78. The van der Waals surface area contributed by atoms with E-state index in [1.165, 1.54) is 4.68 Å². The van der Waals surface area contributed by atoms with E-state index in [1.54, 1.807) is 6.07 Å². The Bertz CT molecular complexity index is 809. The number of halogens is 1. The summed E-state index contributed by atoms with van der Waals surface area (Å²) in [5.41, 5.74) is 0.609. The van der Waals surface area contributed by atoms with Gasteiger partial charge in [-0.25, -0.2) is 4.68 Å². The number of aromatic nitrogens is 2. The molecule has 1 aliphatic rings. The Balaban J connectivity index is 1.99. The summed E-state index contributed by atoms with van der Waals surface area (Å²) in [6.07, 6.45) is 3.21. The van der Waals surface area contributed by atoms with Crippen molar-refractivity contribution in [2.75, 3.05) is 0 Å². The van der Waals surface area contributed by atoms with Crippen LogP contribution in [0.2, 0.25) is 0 Å². The number of carbonyl (C=O) groups excluding carboxylic acids is 1. The minimum atomic E-state index is -0.222. The molecular formula is C17H20BrN3O2. The molecular weight excluding hydrogens is 358 g/mol. The Labute approximate surface area is 143 Å². The van der Waals surface area contributed by atoms with Crippen LogP contribution in [0.25, 0.3) is 10.8 Å². The van der Waals surface area contributed by atoms with E-state index in [2.05, 4.69) is 26.3 Å². The summed E-state index contributed by atoms with van der Waals surface area (Å²) >= 11 is 3.44. The average molecular weight is 378 g/mol. The Morgan fingerprint density at radius 2 is 2.13 bits per heavy atom. The quantitative estimate of drug-likeness (QED) is 0.890. The number of amides is 1. The van der Waals surface area contributed by atoms with Crippen molar-refractivity contribution in [3.63, 3.8) is 0 Å². The Hall–Kier alpha value is -1.69. The highest BCUT2D eigenvalue weighted by Gasteiger charge is 2.21. The fraction of sp³-hybridized carbons (Fsp3) is 0.471. The molecule has 0 radical (unpaired) electrons. The van der Waals surface area contributed by atoms with Crippen molar-refractivity contribution in [3.8, 4) is 0 Å². The first-order valence-corrected chi connectivity index (χ1v) is 8.74. The lowest BCUT2D eigenvalue weighted by atomic mass is 9.93. The molecule has 1 fully saturated rings. The minimum Gasteiger partial charge on any atom is -0.352 e. The standard InChI is InChI=1S/C17H20BrN3O2/c1-10(2)16-14-8-11(18)6-7-13(14)17(23)21(20-16)9-15(22)19-12-4-3-5-12/h6-8,10,12H,3-5,9H2,1-2H3,(H,19,22). The summed E-state index contributed by atoms with van der Waals surface area (Å²) in [6, 6.07) is 5.80. The van der Waals surface area contributed by atoms with Crippen LogP contribution in [0.1, 0.15) is 44.7 Å². The molecule has 1 amide bonds. The Kier molecular flexibility index (Phi) is 4.53. The lowest BCUT2D eigenvalue weighted by Crippen LogP contribution is -2.42. The van der Waals surface area contributed by atoms with Gasteiger partial charge in [0.25, 0.3) is 5.56 Å². The third-order valence-corrected chi connectivity index (χ3v) is 4.75. The van der Waals surface area contributed by atoms with Crippen LogP contribution in [-0.4, -0.2) is 21.7 Å². The summed E-state index contributed by atoms with van der Waals surface area (Å²) in [5.74, 6) is 0.0174. The van der Waals surface area contributed by atoms with Crippen LogP contribution in [0.4, 0.5) is 0 Å². The Morgan fingerprint density at radius 1 is 1.39 bits per heavy atom. The molecule has 1 N–H and O–H groups in total. The molecule has 3 rings (SSSR count). The topological polar surface area (TPSA) is 64.0 Å². The molecule has 0 spiro atoms. The second kappa shape index (κ2) is 6.43.